The van der Waals surface area contributed by atoms with Crippen LogP contribution in [-0.4, -0.2) is 36.0 Å². The van der Waals surface area contributed by atoms with Gasteiger partial charge in [0, 0.05) is 11.6 Å². The van der Waals surface area contributed by atoms with E-state index in [4.69, 9.17) is 23.2 Å². The fourth-order valence-electron chi connectivity index (χ4n) is 1.60. The van der Waals surface area contributed by atoms with Crippen LogP contribution < -0.4 is 0 Å². The molecule has 0 radical (unpaired) electrons. The number of carbonyl (C=O) groups excluding carboxylic acids is 1. The zero-order valence-corrected chi connectivity index (χ0v) is 12.5. The number of benzene rings is 1. The normalized spacial score (nSPS) is 12.2. The number of hydrogen-bond donors (Lipinski definition) is 0. The van der Waals surface area contributed by atoms with Crippen molar-refractivity contribution in [1.29, 1.82) is 0 Å². The molecule has 0 aliphatic rings. The van der Waals surface area contributed by atoms with Gasteiger partial charge in [0.25, 0.3) is 0 Å². The molecule has 0 atom stereocenters. The Morgan fingerprint density at radius 2 is 1.85 bits per heavy atom. The van der Waals surface area contributed by atoms with Gasteiger partial charge in [0.15, 0.2) is 5.78 Å². The van der Waals surface area contributed by atoms with E-state index in [1.807, 2.05) is 0 Å². The van der Waals surface area contributed by atoms with E-state index in [1.165, 1.54) is 18.2 Å². The highest BCUT2D eigenvalue weighted by Gasteiger charge is 2.32. The fraction of sp³-hybridized carbons (Fsp3) is 0.462. The van der Waals surface area contributed by atoms with Crippen molar-refractivity contribution in [3.63, 3.8) is 0 Å². The van der Waals surface area contributed by atoms with Crippen molar-refractivity contribution < 1.29 is 18.0 Å². The molecule has 1 aromatic carbocycles. The Morgan fingerprint density at radius 1 is 1.25 bits per heavy atom. The first-order valence-electron chi connectivity index (χ1n) is 5.89. The highest BCUT2D eigenvalue weighted by atomic mass is 35.5. The van der Waals surface area contributed by atoms with Crippen LogP contribution in [0, 0.1) is 0 Å². The van der Waals surface area contributed by atoms with E-state index in [-0.39, 0.29) is 17.1 Å². The molecule has 112 valence electrons. The second-order valence-corrected chi connectivity index (χ2v) is 5.48. The lowest BCUT2D eigenvalue weighted by Gasteiger charge is -2.26. The van der Waals surface area contributed by atoms with Gasteiger partial charge in [0.2, 0.25) is 0 Å². The summed E-state index contributed by atoms with van der Waals surface area (Å²) in [5, 5.41) is 0.489. The summed E-state index contributed by atoms with van der Waals surface area (Å²) in [6.45, 7) is 1.76. The van der Waals surface area contributed by atoms with Gasteiger partial charge in [0.05, 0.1) is 23.1 Å². The Morgan fingerprint density at radius 3 is 2.30 bits per heavy atom. The van der Waals surface area contributed by atoms with Crippen molar-refractivity contribution in [2.45, 2.75) is 26.1 Å². The average molecular weight is 328 g/mol. The van der Waals surface area contributed by atoms with Gasteiger partial charge in [-0.05, 0) is 32.0 Å². The summed E-state index contributed by atoms with van der Waals surface area (Å²) in [6.07, 6.45) is -4.35. The topological polar surface area (TPSA) is 20.3 Å². The lowest BCUT2D eigenvalue weighted by molar-refractivity contribution is -0.148. The van der Waals surface area contributed by atoms with Crippen LogP contribution in [0.4, 0.5) is 13.2 Å². The average Bonchev–Trinajstić information content (AvgIpc) is 2.29. The van der Waals surface area contributed by atoms with E-state index >= 15 is 0 Å². The highest BCUT2D eigenvalue weighted by Crippen LogP contribution is 2.23. The Bertz CT molecular complexity index is 489. The number of ketones is 1. The molecule has 0 aliphatic carbocycles. The van der Waals surface area contributed by atoms with E-state index in [9.17, 15) is 18.0 Å². The van der Waals surface area contributed by atoms with Gasteiger partial charge in [-0.1, -0.05) is 23.2 Å². The lowest BCUT2D eigenvalue weighted by Crippen LogP contribution is -2.42. The van der Waals surface area contributed by atoms with Crippen molar-refractivity contribution in [3.05, 3.63) is 33.8 Å². The smallest absolute Gasteiger partial charge is 0.293 e. The molecule has 7 heteroatoms. The molecule has 0 amide bonds. The molecule has 0 saturated carbocycles. The van der Waals surface area contributed by atoms with Crippen molar-refractivity contribution in [1.82, 2.24) is 4.90 Å². The summed E-state index contributed by atoms with van der Waals surface area (Å²) in [4.78, 5) is 13.1. The lowest BCUT2D eigenvalue weighted by atomic mass is 10.1. The van der Waals surface area contributed by atoms with Crippen LogP contribution in [0.25, 0.3) is 0 Å². The molecular formula is C13H14Cl2F3NO. The van der Waals surface area contributed by atoms with Gasteiger partial charge >= 0.3 is 6.18 Å². The number of halogens is 5. The number of hydrogen-bond acceptors (Lipinski definition) is 2. The Labute approximate surface area is 125 Å². The minimum Gasteiger partial charge on any atom is -0.293 e. The Kier molecular flexibility index (Phi) is 5.86. The summed E-state index contributed by atoms with van der Waals surface area (Å²) < 4.78 is 37.3. The first kappa shape index (κ1) is 17.3. The summed E-state index contributed by atoms with van der Waals surface area (Å²) in [5.41, 5.74) is 0.243. The maximum absolute atomic E-state index is 12.4. The molecular weight excluding hydrogens is 314 g/mol. The summed E-state index contributed by atoms with van der Waals surface area (Å²) in [7, 11) is 0. The predicted molar refractivity (Wildman–Crippen MR) is 73.6 cm³/mol. The molecule has 20 heavy (non-hydrogen) atoms. The van der Waals surface area contributed by atoms with Crippen molar-refractivity contribution in [2.75, 3.05) is 13.1 Å². The first-order chi connectivity index (χ1) is 9.10. The van der Waals surface area contributed by atoms with Crippen LogP contribution in [0.2, 0.25) is 10.0 Å². The monoisotopic (exact) mass is 327 g/mol. The number of nitrogens with zero attached hydrogens (tertiary/aromatic N) is 1. The molecule has 2 nitrogen and oxygen atoms in total. The van der Waals surface area contributed by atoms with Crippen LogP contribution in [-0.2, 0) is 0 Å². The maximum atomic E-state index is 12.4. The zero-order valence-electron chi connectivity index (χ0n) is 11.0. The van der Waals surface area contributed by atoms with E-state index in [1.54, 1.807) is 13.8 Å². The zero-order chi connectivity index (χ0) is 15.5. The van der Waals surface area contributed by atoms with Gasteiger partial charge in [0.1, 0.15) is 0 Å². The summed E-state index contributed by atoms with van der Waals surface area (Å²) in [5.74, 6) is -0.429. The third-order valence-corrected chi connectivity index (χ3v) is 3.44. The van der Waals surface area contributed by atoms with E-state index < -0.39 is 24.5 Å². The number of rotatable bonds is 5. The van der Waals surface area contributed by atoms with Crippen LogP contribution in [0.5, 0.6) is 0 Å². The van der Waals surface area contributed by atoms with E-state index in [2.05, 4.69) is 0 Å². The molecule has 0 heterocycles. The highest BCUT2D eigenvalue weighted by molar-refractivity contribution is 6.42. The molecule has 1 aromatic rings. The van der Waals surface area contributed by atoms with Gasteiger partial charge in [-0.3, -0.25) is 9.69 Å². The molecule has 0 aliphatic heterocycles. The second-order valence-electron chi connectivity index (χ2n) is 4.67. The van der Waals surface area contributed by atoms with Crippen molar-refractivity contribution in [2.24, 2.45) is 0 Å². The van der Waals surface area contributed by atoms with Crippen molar-refractivity contribution >= 4 is 29.0 Å². The summed E-state index contributed by atoms with van der Waals surface area (Å²) in [6, 6.07) is 3.85. The second kappa shape index (κ2) is 6.78. The molecule has 0 unspecified atom stereocenters. The van der Waals surface area contributed by atoms with Gasteiger partial charge in [-0.2, -0.15) is 13.2 Å². The third-order valence-electron chi connectivity index (χ3n) is 2.70. The molecule has 0 spiro atoms. The summed E-state index contributed by atoms with van der Waals surface area (Å²) >= 11 is 11.5. The minimum atomic E-state index is -4.35. The largest absolute Gasteiger partial charge is 0.401 e. The molecule has 1 rings (SSSR count). The number of carbonyl (C=O) groups is 1. The third kappa shape index (κ3) is 5.31. The Balaban J connectivity index is 2.83. The predicted octanol–water partition coefficient (Wildman–Crippen LogP) is 4.45. The standard InChI is InChI=1S/C13H14Cl2F3NO/c1-8(2)19(7-13(16,17)18)6-12(20)9-3-4-10(14)11(15)5-9/h3-5,8H,6-7H2,1-2H3. The van der Waals surface area contributed by atoms with Crippen molar-refractivity contribution in [3.8, 4) is 0 Å². The number of alkyl halides is 3. The Hall–Kier alpha value is -0.780. The molecule has 0 aromatic heterocycles. The van der Waals surface area contributed by atoms with E-state index in [0.29, 0.717) is 5.02 Å². The minimum absolute atomic E-state index is 0.199. The van der Waals surface area contributed by atoms with E-state index in [0.717, 1.165) is 4.90 Å². The molecule has 0 saturated heterocycles. The quantitative estimate of drug-likeness (QED) is 0.745. The maximum Gasteiger partial charge on any atom is 0.401 e. The van der Waals surface area contributed by atoms with Gasteiger partial charge < -0.3 is 0 Å². The fourth-order valence-corrected chi connectivity index (χ4v) is 1.89. The van der Waals surface area contributed by atoms with Gasteiger partial charge in [-0.25, -0.2) is 0 Å². The SMILES string of the molecule is CC(C)N(CC(=O)c1ccc(Cl)c(Cl)c1)CC(F)(F)F. The van der Waals surface area contributed by atoms with Crippen LogP contribution in [0.3, 0.4) is 0 Å². The molecule has 0 N–H and O–H groups in total. The first-order valence-corrected chi connectivity index (χ1v) is 6.65. The van der Waals surface area contributed by atoms with Crippen LogP contribution in [0.1, 0.15) is 24.2 Å². The van der Waals surface area contributed by atoms with Gasteiger partial charge in [-0.15, -0.1) is 0 Å². The van der Waals surface area contributed by atoms with Crippen LogP contribution in [0.15, 0.2) is 18.2 Å². The van der Waals surface area contributed by atoms with Crippen LogP contribution >= 0.6 is 23.2 Å². The molecule has 0 bridgehead atoms. The molecule has 0 fully saturated rings. The number of Topliss-reactive ketones (excluding diaryl/α,β-unsaturated/α-hetero) is 1.